The minimum atomic E-state index is -1.54. The van der Waals surface area contributed by atoms with Crippen LogP contribution in [0.5, 0.6) is 11.5 Å². The number of carbonyl (C=O) groups excluding carboxylic acids is 4. The Morgan fingerprint density at radius 3 is 1.82 bits per heavy atom. The molecule has 9 nitrogen and oxygen atoms in total. The molecule has 9 heteroatoms. The van der Waals surface area contributed by atoms with Gasteiger partial charge in [-0.3, -0.25) is 19.2 Å². The predicted octanol–water partition coefficient (Wildman–Crippen LogP) is 5.54. The molecule has 1 unspecified atom stereocenters. The lowest BCUT2D eigenvalue weighted by atomic mass is 9.86. The van der Waals surface area contributed by atoms with E-state index in [2.05, 4.69) is 0 Å². The van der Waals surface area contributed by atoms with Gasteiger partial charge in [0.05, 0.1) is 20.0 Å². The van der Waals surface area contributed by atoms with E-state index in [9.17, 15) is 19.2 Å². The maximum absolute atomic E-state index is 12.8. The molecule has 0 aliphatic rings. The number of rotatable bonds is 13. The maximum atomic E-state index is 12.8. The number of methoxy groups -OCH3 is 1. The van der Waals surface area contributed by atoms with Crippen LogP contribution in [0.3, 0.4) is 0 Å². The van der Waals surface area contributed by atoms with Crippen LogP contribution < -0.4 is 15.2 Å². The van der Waals surface area contributed by atoms with Crippen LogP contribution in [-0.4, -0.2) is 42.6 Å². The fraction of sp³-hybridized carbons (Fsp3) is 0.677. The smallest absolute Gasteiger partial charge is 0.326 e. The number of hydrogen-bond acceptors (Lipinski definition) is 9. The topological polar surface area (TPSA) is 131 Å². The molecule has 0 saturated carbocycles. The van der Waals surface area contributed by atoms with Gasteiger partial charge in [0.15, 0.2) is 11.5 Å². The van der Waals surface area contributed by atoms with Crippen LogP contribution in [0.15, 0.2) is 18.2 Å². The Hall–Kier alpha value is -2.94. The first-order valence-electron chi connectivity index (χ1n) is 13.8. The molecule has 0 heterocycles. The average Bonchev–Trinajstić information content (AvgIpc) is 2.76. The normalized spacial score (nSPS) is 14.2. The van der Waals surface area contributed by atoms with E-state index >= 15 is 0 Å². The lowest BCUT2D eigenvalue weighted by Crippen LogP contribution is -2.53. The SMILES string of the molecule is COC(=O)C(N)(Cc1ccc(OC(=O)CC(C)(C)C)c(OC(=O)CC(C)(C)C)c1)C[C@H](C)OC(=O)CCC(C)C. The quantitative estimate of drug-likeness (QED) is 0.243. The fourth-order valence-electron chi connectivity index (χ4n) is 4.05. The molecular formula is C31H49NO8. The van der Waals surface area contributed by atoms with Crippen molar-refractivity contribution in [3.8, 4) is 11.5 Å². The monoisotopic (exact) mass is 563 g/mol. The summed E-state index contributed by atoms with van der Waals surface area (Å²) < 4.78 is 21.7. The number of esters is 4. The van der Waals surface area contributed by atoms with Crippen molar-refractivity contribution in [1.29, 1.82) is 0 Å². The third kappa shape index (κ3) is 13.4. The molecule has 0 aliphatic heterocycles. The Kier molecular flexibility index (Phi) is 12.8. The number of benzene rings is 1. The highest BCUT2D eigenvalue weighted by atomic mass is 16.6. The standard InChI is InChI=1S/C31H49NO8/c1-20(2)11-14-25(33)38-21(3)16-31(32,28(36)37-10)17-22-12-13-23(39-26(34)18-29(4,5)6)24(15-22)40-27(35)19-30(7,8)9/h12-13,15,20-21H,11,14,16-19,32H2,1-10H3/t21-,31?/m0/s1. The molecule has 226 valence electrons. The van der Waals surface area contributed by atoms with Gasteiger partial charge in [0.25, 0.3) is 0 Å². The molecule has 1 aromatic rings. The molecule has 0 amide bonds. The molecule has 0 spiro atoms. The Bertz CT molecular complexity index is 1030. The van der Waals surface area contributed by atoms with E-state index in [1.165, 1.54) is 19.2 Å². The minimum Gasteiger partial charge on any atom is -0.468 e. The fourth-order valence-corrected chi connectivity index (χ4v) is 4.05. The van der Waals surface area contributed by atoms with Crippen molar-refractivity contribution in [3.05, 3.63) is 23.8 Å². The van der Waals surface area contributed by atoms with Gasteiger partial charge in [-0.1, -0.05) is 61.5 Å². The highest BCUT2D eigenvalue weighted by Crippen LogP contribution is 2.33. The molecule has 0 aliphatic carbocycles. The number of carbonyl (C=O) groups is 4. The van der Waals surface area contributed by atoms with Gasteiger partial charge in [-0.05, 0) is 47.8 Å². The Labute approximate surface area is 239 Å². The zero-order valence-electron chi connectivity index (χ0n) is 26.0. The van der Waals surface area contributed by atoms with Gasteiger partial charge in [-0.25, -0.2) is 0 Å². The van der Waals surface area contributed by atoms with Gasteiger partial charge < -0.3 is 24.7 Å². The van der Waals surface area contributed by atoms with Crippen molar-refractivity contribution in [3.63, 3.8) is 0 Å². The van der Waals surface area contributed by atoms with E-state index in [0.29, 0.717) is 17.9 Å². The molecule has 0 fully saturated rings. The summed E-state index contributed by atoms with van der Waals surface area (Å²) in [6, 6.07) is 4.69. The predicted molar refractivity (Wildman–Crippen MR) is 153 cm³/mol. The summed E-state index contributed by atoms with van der Waals surface area (Å²) in [5, 5.41) is 0. The first-order valence-corrected chi connectivity index (χ1v) is 13.8. The third-order valence-corrected chi connectivity index (χ3v) is 5.83. The van der Waals surface area contributed by atoms with Crippen LogP contribution in [0.4, 0.5) is 0 Å². The van der Waals surface area contributed by atoms with Crippen LogP contribution in [0.2, 0.25) is 0 Å². The first-order chi connectivity index (χ1) is 18.2. The number of nitrogens with two attached hydrogens (primary N) is 1. The van der Waals surface area contributed by atoms with Crippen molar-refractivity contribution in [1.82, 2.24) is 0 Å². The van der Waals surface area contributed by atoms with Gasteiger partial charge >= 0.3 is 23.9 Å². The largest absolute Gasteiger partial charge is 0.468 e. The summed E-state index contributed by atoms with van der Waals surface area (Å²) in [5.74, 6) is -1.50. The third-order valence-electron chi connectivity index (χ3n) is 5.83. The second-order valence-electron chi connectivity index (χ2n) is 13.5. The van der Waals surface area contributed by atoms with Gasteiger partial charge in [0.2, 0.25) is 0 Å². The second kappa shape index (κ2) is 14.6. The van der Waals surface area contributed by atoms with Crippen molar-refractivity contribution >= 4 is 23.9 Å². The van der Waals surface area contributed by atoms with Gasteiger partial charge in [0.1, 0.15) is 11.6 Å². The molecule has 0 radical (unpaired) electrons. The molecular weight excluding hydrogens is 514 g/mol. The summed E-state index contributed by atoms with van der Waals surface area (Å²) in [6.45, 7) is 17.2. The summed E-state index contributed by atoms with van der Waals surface area (Å²) >= 11 is 0. The molecule has 2 atom stereocenters. The lowest BCUT2D eigenvalue weighted by molar-refractivity contribution is -0.155. The molecule has 1 aromatic carbocycles. The Morgan fingerprint density at radius 2 is 1.35 bits per heavy atom. The van der Waals surface area contributed by atoms with E-state index < -0.39 is 29.6 Å². The maximum Gasteiger partial charge on any atom is 0.326 e. The lowest BCUT2D eigenvalue weighted by Gasteiger charge is -2.29. The van der Waals surface area contributed by atoms with Crippen LogP contribution in [0.25, 0.3) is 0 Å². The summed E-state index contributed by atoms with van der Waals surface area (Å²) in [5.41, 5.74) is 4.93. The summed E-state index contributed by atoms with van der Waals surface area (Å²) in [6.07, 6.45) is 0.616. The zero-order chi connectivity index (χ0) is 30.9. The van der Waals surface area contributed by atoms with Crippen molar-refractivity contribution in [2.75, 3.05) is 7.11 Å². The van der Waals surface area contributed by atoms with Crippen molar-refractivity contribution in [2.24, 2.45) is 22.5 Å². The average molecular weight is 564 g/mol. The van der Waals surface area contributed by atoms with E-state index in [-0.39, 0.29) is 60.4 Å². The van der Waals surface area contributed by atoms with Crippen LogP contribution >= 0.6 is 0 Å². The second-order valence-corrected chi connectivity index (χ2v) is 13.5. The highest BCUT2D eigenvalue weighted by molar-refractivity contribution is 5.81. The Balaban J connectivity index is 3.26. The van der Waals surface area contributed by atoms with Gasteiger partial charge in [-0.2, -0.15) is 0 Å². The molecule has 0 bridgehead atoms. The molecule has 0 saturated heterocycles. The molecule has 40 heavy (non-hydrogen) atoms. The van der Waals surface area contributed by atoms with E-state index in [1.807, 2.05) is 55.4 Å². The van der Waals surface area contributed by atoms with Crippen molar-refractivity contribution in [2.45, 2.75) is 112 Å². The molecule has 0 aromatic heterocycles. The Morgan fingerprint density at radius 1 is 0.825 bits per heavy atom. The van der Waals surface area contributed by atoms with E-state index in [4.69, 9.17) is 24.7 Å². The van der Waals surface area contributed by atoms with Crippen LogP contribution in [-0.2, 0) is 35.1 Å². The van der Waals surface area contributed by atoms with E-state index in [1.54, 1.807) is 13.0 Å². The van der Waals surface area contributed by atoms with E-state index in [0.717, 1.165) is 0 Å². The number of hydrogen-bond donors (Lipinski definition) is 1. The number of ether oxygens (including phenoxy) is 4. The van der Waals surface area contributed by atoms with Gasteiger partial charge in [-0.15, -0.1) is 0 Å². The molecule has 1 rings (SSSR count). The highest BCUT2D eigenvalue weighted by Gasteiger charge is 2.38. The first kappa shape index (κ1) is 35.1. The summed E-state index contributed by atoms with van der Waals surface area (Å²) in [4.78, 5) is 50.3. The summed E-state index contributed by atoms with van der Waals surface area (Å²) in [7, 11) is 1.24. The minimum absolute atomic E-state index is 0.00635. The zero-order valence-corrected chi connectivity index (χ0v) is 26.0. The van der Waals surface area contributed by atoms with Crippen LogP contribution in [0, 0.1) is 16.7 Å². The van der Waals surface area contributed by atoms with Crippen LogP contribution in [0.1, 0.15) is 100.0 Å². The van der Waals surface area contributed by atoms with Crippen molar-refractivity contribution < 1.29 is 38.1 Å². The van der Waals surface area contributed by atoms with Gasteiger partial charge in [0, 0.05) is 19.3 Å². The molecule has 2 N–H and O–H groups in total.